The van der Waals surface area contributed by atoms with Crippen LogP contribution in [-0.2, 0) is 24.3 Å². The number of hydrogen-bond donors (Lipinski definition) is 1. The van der Waals surface area contributed by atoms with Gasteiger partial charge in [-0.2, -0.15) is 5.10 Å². The first-order chi connectivity index (χ1) is 14.2. The molecule has 0 aliphatic carbocycles. The Morgan fingerprint density at radius 2 is 2.14 bits per heavy atom. The molecule has 0 bridgehead atoms. The Morgan fingerprint density at radius 3 is 3.00 bits per heavy atom. The van der Waals surface area contributed by atoms with Crippen molar-refractivity contribution in [2.45, 2.75) is 45.7 Å². The maximum Gasteiger partial charge on any atom is 0.346 e. The summed E-state index contributed by atoms with van der Waals surface area (Å²) in [4.78, 5) is 29.4. The van der Waals surface area contributed by atoms with E-state index in [1.54, 1.807) is 4.57 Å². The molecule has 8 nitrogen and oxygen atoms in total. The molecule has 0 saturated carbocycles. The van der Waals surface area contributed by atoms with Gasteiger partial charge in [-0.05, 0) is 31.9 Å². The Kier molecular flexibility index (Phi) is 5.75. The third kappa shape index (κ3) is 4.24. The number of benzene rings is 1. The molecule has 0 radical (unpaired) electrons. The molecule has 1 aliphatic rings. The van der Waals surface area contributed by atoms with E-state index < -0.39 is 0 Å². The van der Waals surface area contributed by atoms with E-state index in [9.17, 15) is 9.59 Å². The highest BCUT2D eigenvalue weighted by molar-refractivity contribution is 7.14. The number of hydrogen-bond acceptors (Lipinski definition) is 6. The monoisotopic (exact) mass is 413 g/mol. The summed E-state index contributed by atoms with van der Waals surface area (Å²) in [5.41, 5.74) is 1.39. The van der Waals surface area contributed by atoms with E-state index in [1.807, 2.05) is 36.6 Å². The molecule has 3 heterocycles. The standard InChI is InChI=1S/C20H23N5O3S/c1-2-28-16-9-6-5-8-14(16)15-13-29-19(21-15)22-18(26)12-25-20(27)24-11-7-3-4-10-17(24)23-25/h5-6,8-9,13H,2-4,7,10-12H2,1H3,(H,21,22,26). The second-order valence-electron chi connectivity index (χ2n) is 6.83. The molecule has 152 valence electrons. The number of rotatable bonds is 6. The zero-order valence-electron chi connectivity index (χ0n) is 16.3. The van der Waals surface area contributed by atoms with Gasteiger partial charge in [-0.25, -0.2) is 14.5 Å². The van der Waals surface area contributed by atoms with Gasteiger partial charge in [0.05, 0.1) is 12.3 Å². The molecule has 0 fully saturated rings. The Bertz CT molecular complexity index is 1070. The van der Waals surface area contributed by atoms with Gasteiger partial charge >= 0.3 is 5.69 Å². The molecule has 1 aromatic carbocycles. The Balaban J connectivity index is 1.46. The number of amides is 1. The van der Waals surface area contributed by atoms with Crippen LogP contribution in [0.5, 0.6) is 5.75 Å². The highest BCUT2D eigenvalue weighted by Gasteiger charge is 2.18. The van der Waals surface area contributed by atoms with Crippen LogP contribution >= 0.6 is 11.3 Å². The fraction of sp³-hybridized carbons (Fsp3) is 0.400. The summed E-state index contributed by atoms with van der Waals surface area (Å²) < 4.78 is 8.58. The van der Waals surface area contributed by atoms with Crippen molar-refractivity contribution in [3.8, 4) is 17.0 Å². The maximum atomic E-state index is 12.5. The smallest absolute Gasteiger partial charge is 0.346 e. The van der Waals surface area contributed by atoms with Crippen LogP contribution in [0.4, 0.5) is 5.13 Å². The van der Waals surface area contributed by atoms with Crippen LogP contribution in [0.1, 0.15) is 32.0 Å². The van der Waals surface area contributed by atoms with Crippen LogP contribution in [0.2, 0.25) is 0 Å². The van der Waals surface area contributed by atoms with Crippen molar-refractivity contribution < 1.29 is 9.53 Å². The molecule has 4 rings (SSSR count). The van der Waals surface area contributed by atoms with Gasteiger partial charge in [-0.3, -0.25) is 9.36 Å². The predicted molar refractivity (Wildman–Crippen MR) is 111 cm³/mol. The molecule has 0 saturated heterocycles. The molecule has 1 amide bonds. The molecule has 9 heteroatoms. The maximum absolute atomic E-state index is 12.5. The van der Waals surface area contributed by atoms with E-state index in [2.05, 4.69) is 15.4 Å². The Morgan fingerprint density at radius 1 is 1.28 bits per heavy atom. The molecule has 29 heavy (non-hydrogen) atoms. The zero-order chi connectivity index (χ0) is 20.2. The minimum Gasteiger partial charge on any atom is -0.493 e. The second kappa shape index (κ2) is 8.60. The highest BCUT2D eigenvalue weighted by atomic mass is 32.1. The van der Waals surface area contributed by atoms with Gasteiger partial charge in [-0.1, -0.05) is 18.6 Å². The molecular formula is C20H23N5O3S. The van der Waals surface area contributed by atoms with Crippen LogP contribution in [0.25, 0.3) is 11.3 Å². The van der Waals surface area contributed by atoms with Crippen LogP contribution in [0.15, 0.2) is 34.4 Å². The van der Waals surface area contributed by atoms with Gasteiger partial charge in [-0.15, -0.1) is 11.3 Å². The summed E-state index contributed by atoms with van der Waals surface area (Å²) >= 11 is 1.33. The van der Waals surface area contributed by atoms with Gasteiger partial charge in [0, 0.05) is 23.9 Å². The van der Waals surface area contributed by atoms with Crippen molar-refractivity contribution >= 4 is 22.4 Å². The number of fused-ring (bicyclic) bond motifs is 1. The van der Waals surface area contributed by atoms with Gasteiger partial charge in [0.25, 0.3) is 0 Å². The number of para-hydroxylation sites is 1. The molecule has 0 unspecified atom stereocenters. The summed E-state index contributed by atoms with van der Waals surface area (Å²) in [5.74, 6) is 1.20. The molecule has 0 atom stereocenters. The SMILES string of the molecule is CCOc1ccccc1-c1csc(NC(=O)Cn2nc3n(c2=O)CCCCC3)n1. The number of nitrogens with zero attached hydrogens (tertiary/aromatic N) is 4. The van der Waals surface area contributed by atoms with Crippen molar-refractivity contribution in [1.82, 2.24) is 19.3 Å². The van der Waals surface area contributed by atoms with Crippen LogP contribution in [0.3, 0.4) is 0 Å². The normalized spacial score (nSPS) is 13.6. The van der Waals surface area contributed by atoms with Crippen LogP contribution in [0, 0.1) is 0 Å². The first kappa shape index (κ1) is 19.4. The van der Waals surface area contributed by atoms with Crippen LogP contribution < -0.4 is 15.7 Å². The second-order valence-corrected chi connectivity index (χ2v) is 7.69. The molecule has 2 aromatic heterocycles. The minimum atomic E-state index is -0.320. The minimum absolute atomic E-state index is 0.122. The third-order valence-electron chi connectivity index (χ3n) is 4.79. The third-order valence-corrected chi connectivity index (χ3v) is 5.55. The van der Waals surface area contributed by atoms with Crippen molar-refractivity contribution in [2.75, 3.05) is 11.9 Å². The highest BCUT2D eigenvalue weighted by Crippen LogP contribution is 2.32. The molecule has 1 aliphatic heterocycles. The van der Waals surface area contributed by atoms with Crippen molar-refractivity contribution in [2.24, 2.45) is 0 Å². The Hall–Kier alpha value is -2.94. The van der Waals surface area contributed by atoms with Gasteiger partial charge in [0.1, 0.15) is 18.1 Å². The Labute approximate surface area is 172 Å². The number of carbonyl (C=O) groups is 1. The number of aromatic nitrogens is 4. The van der Waals surface area contributed by atoms with Crippen molar-refractivity contribution in [3.63, 3.8) is 0 Å². The van der Waals surface area contributed by atoms with E-state index >= 15 is 0 Å². The quantitative estimate of drug-likeness (QED) is 0.671. The van der Waals surface area contributed by atoms with E-state index in [-0.39, 0.29) is 18.1 Å². The lowest BCUT2D eigenvalue weighted by molar-refractivity contribution is -0.117. The molecular weight excluding hydrogens is 390 g/mol. The average molecular weight is 414 g/mol. The summed E-state index contributed by atoms with van der Waals surface area (Å²) in [6.07, 6.45) is 3.87. The molecule has 1 N–H and O–H groups in total. The fourth-order valence-corrected chi connectivity index (χ4v) is 4.16. The van der Waals surface area contributed by atoms with E-state index in [0.29, 0.717) is 18.3 Å². The number of anilines is 1. The summed E-state index contributed by atoms with van der Waals surface area (Å²) in [6, 6.07) is 7.66. The topological polar surface area (TPSA) is 91.0 Å². The number of ether oxygens (including phenoxy) is 1. The number of aryl methyl sites for hydroxylation is 1. The van der Waals surface area contributed by atoms with E-state index in [0.717, 1.165) is 48.5 Å². The zero-order valence-corrected chi connectivity index (χ0v) is 17.1. The van der Waals surface area contributed by atoms with Gasteiger partial charge < -0.3 is 10.1 Å². The molecule has 0 spiro atoms. The number of thiazole rings is 1. The number of carbonyl (C=O) groups excluding carboxylic acids is 1. The predicted octanol–water partition coefficient (Wildman–Crippen LogP) is 2.93. The summed E-state index contributed by atoms with van der Waals surface area (Å²) in [6.45, 7) is 3.04. The van der Waals surface area contributed by atoms with E-state index in [1.165, 1.54) is 16.0 Å². The van der Waals surface area contributed by atoms with Crippen molar-refractivity contribution in [3.05, 3.63) is 46.0 Å². The first-order valence-electron chi connectivity index (χ1n) is 9.80. The summed E-state index contributed by atoms with van der Waals surface area (Å²) in [5, 5.41) is 9.47. The van der Waals surface area contributed by atoms with Crippen molar-refractivity contribution in [1.29, 1.82) is 0 Å². The fourth-order valence-electron chi connectivity index (χ4n) is 3.44. The van der Waals surface area contributed by atoms with Gasteiger partial charge in [0.15, 0.2) is 5.13 Å². The van der Waals surface area contributed by atoms with E-state index in [4.69, 9.17) is 4.74 Å². The number of nitrogens with one attached hydrogen (secondary N) is 1. The largest absolute Gasteiger partial charge is 0.493 e. The summed E-state index contributed by atoms with van der Waals surface area (Å²) in [7, 11) is 0. The molecule has 3 aromatic rings. The van der Waals surface area contributed by atoms with Gasteiger partial charge in [0.2, 0.25) is 5.91 Å². The lowest BCUT2D eigenvalue weighted by atomic mass is 10.1. The lowest BCUT2D eigenvalue weighted by Crippen LogP contribution is -2.30. The van der Waals surface area contributed by atoms with Crippen LogP contribution in [-0.4, -0.2) is 31.8 Å². The average Bonchev–Trinajstić information content (AvgIpc) is 3.19. The lowest BCUT2D eigenvalue weighted by Gasteiger charge is -2.07. The first-order valence-corrected chi connectivity index (χ1v) is 10.7.